The lowest BCUT2D eigenvalue weighted by molar-refractivity contribution is -0.143. The number of hydrogen-bond acceptors (Lipinski definition) is 11. The number of anilines is 1. The largest absolute Gasteiger partial charge is 0.465 e. The molecule has 1 aromatic heterocycles. The first kappa shape index (κ1) is 34.3. The van der Waals surface area contributed by atoms with E-state index in [0.717, 1.165) is 11.8 Å². The van der Waals surface area contributed by atoms with E-state index in [1.165, 1.54) is 18.0 Å². The summed E-state index contributed by atoms with van der Waals surface area (Å²) >= 11 is 1.23. The SMILES string of the molecule is CCOC(=O)CNC(=O)[C@H](Cc1ccccc1)NC(=O)/C(=C/Nc1nc(SC)ncc1C(=O)OCC)NC(=O)c1ccccc1. The number of amides is 3. The molecule has 0 bridgehead atoms. The van der Waals surface area contributed by atoms with Crippen molar-refractivity contribution in [3.05, 3.63) is 95.4 Å². The zero-order valence-corrected chi connectivity index (χ0v) is 25.8. The van der Waals surface area contributed by atoms with Crippen molar-refractivity contribution in [2.45, 2.75) is 31.5 Å². The van der Waals surface area contributed by atoms with Crippen LogP contribution in [0.4, 0.5) is 5.82 Å². The summed E-state index contributed by atoms with van der Waals surface area (Å²) in [6, 6.07) is 16.0. The van der Waals surface area contributed by atoms with Gasteiger partial charge < -0.3 is 30.7 Å². The molecule has 0 saturated heterocycles. The maximum Gasteiger partial charge on any atom is 0.343 e. The second-order valence-corrected chi connectivity index (χ2v) is 9.87. The van der Waals surface area contributed by atoms with E-state index in [4.69, 9.17) is 9.47 Å². The molecule has 3 amide bonds. The van der Waals surface area contributed by atoms with Crippen molar-refractivity contribution in [3.63, 3.8) is 0 Å². The zero-order chi connectivity index (χ0) is 32.6. The Morgan fingerprint density at radius 3 is 2.24 bits per heavy atom. The van der Waals surface area contributed by atoms with Crippen LogP contribution in [0.5, 0.6) is 0 Å². The fourth-order valence-corrected chi connectivity index (χ4v) is 4.15. The molecule has 0 aliphatic rings. The van der Waals surface area contributed by atoms with Crippen molar-refractivity contribution in [3.8, 4) is 0 Å². The second kappa shape index (κ2) is 17.8. The Morgan fingerprint density at radius 1 is 0.933 bits per heavy atom. The number of carbonyl (C=O) groups is 5. The van der Waals surface area contributed by atoms with E-state index in [-0.39, 0.29) is 42.3 Å². The average Bonchev–Trinajstić information content (AvgIpc) is 3.06. The number of nitrogens with one attached hydrogen (secondary N) is 4. The highest BCUT2D eigenvalue weighted by Crippen LogP contribution is 2.18. The monoisotopic (exact) mass is 634 g/mol. The van der Waals surface area contributed by atoms with Crippen LogP contribution in [-0.4, -0.2) is 71.7 Å². The number of nitrogens with zero attached hydrogens (tertiary/aromatic N) is 2. The molecule has 236 valence electrons. The highest BCUT2D eigenvalue weighted by Gasteiger charge is 2.25. The van der Waals surface area contributed by atoms with E-state index >= 15 is 0 Å². The minimum absolute atomic E-state index is 0.000316. The number of esters is 2. The smallest absolute Gasteiger partial charge is 0.343 e. The third-order valence-corrected chi connectivity index (χ3v) is 6.51. The lowest BCUT2D eigenvalue weighted by Gasteiger charge is -2.20. The van der Waals surface area contributed by atoms with Crippen LogP contribution in [0.1, 0.15) is 40.1 Å². The Kier molecular flexibility index (Phi) is 13.5. The molecule has 3 aromatic rings. The van der Waals surface area contributed by atoms with E-state index < -0.39 is 42.2 Å². The predicted octanol–water partition coefficient (Wildman–Crippen LogP) is 2.47. The van der Waals surface area contributed by atoms with Gasteiger partial charge in [-0.1, -0.05) is 60.3 Å². The van der Waals surface area contributed by atoms with Gasteiger partial charge in [-0.05, 0) is 37.8 Å². The summed E-state index contributed by atoms with van der Waals surface area (Å²) in [4.78, 5) is 72.8. The third kappa shape index (κ3) is 10.8. The van der Waals surface area contributed by atoms with Gasteiger partial charge in [-0.15, -0.1) is 0 Å². The van der Waals surface area contributed by atoms with Gasteiger partial charge in [0.2, 0.25) is 5.91 Å². The molecule has 4 N–H and O–H groups in total. The van der Waals surface area contributed by atoms with Gasteiger partial charge in [0.15, 0.2) is 5.16 Å². The van der Waals surface area contributed by atoms with Crippen LogP contribution in [0.3, 0.4) is 0 Å². The minimum Gasteiger partial charge on any atom is -0.465 e. The van der Waals surface area contributed by atoms with Crippen molar-refractivity contribution in [2.24, 2.45) is 0 Å². The number of hydrogen-bond donors (Lipinski definition) is 4. The number of ether oxygens (including phenoxy) is 2. The molecule has 0 spiro atoms. The summed E-state index contributed by atoms with van der Waals surface area (Å²) in [5, 5.41) is 10.8. The molecular formula is C31H34N6O7S. The van der Waals surface area contributed by atoms with Crippen molar-refractivity contribution in [1.29, 1.82) is 0 Å². The molecule has 3 rings (SSSR count). The molecule has 0 aliphatic heterocycles. The first-order valence-electron chi connectivity index (χ1n) is 13.9. The van der Waals surface area contributed by atoms with Gasteiger partial charge in [-0.2, -0.15) is 0 Å². The van der Waals surface area contributed by atoms with Crippen molar-refractivity contribution < 1.29 is 33.4 Å². The standard InChI is InChI=1S/C31H34N6O7S/c1-4-43-25(38)19-33-28(40)23(16-20-12-8-6-9-13-20)35-29(41)24(36-27(39)21-14-10-7-11-15-21)18-32-26-22(30(42)44-5-2)17-34-31(37-26)45-3/h6-15,17-18,23H,4-5,16,19H2,1-3H3,(H,33,40)(H,35,41)(H,36,39)(H,32,34,37)/b24-18-/t23-/m0/s1. The Morgan fingerprint density at radius 2 is 1.60 bits per heavy atom. The molecule has 0 saturated carbocycles. The number of carbonyl (C=O) groups excluding carboxylic acids is 5. The Balaban J connectivity index is 1.95. The van der Waals surface area contributed by atoms with Crippen molar-refractivity contribution in [2.75, 3.05) is 31.3 Å². The van der Waals surface area contributed by atoms with Crippen LogP contribution in [0.25, 0.3) is 0 Å². The van der Waals surface area contributed by atoms with Crippen molar-refractivity contribution >= 4 is 47.2 Å². The molecule has 14 heteroatoms. The van der Waals surface area contributed by atoms with E-state index in [9.17, 15) is 24.0 Å². The van der Waals surface area contributed by atoms with Crippen LogP contribution in [0.15, 0.2) is 83.9 Å². The normalized spacial score (nSPS) is 11.5. The highest BCUT2D eigenvalue weighted by molar-refractivity contribution is 7.98. The number of rotatable bonds is 15. The third-order valence-electron chi connectivity index (χ3n) is 5.94. The van der Waals surface area contributed by atoms with Gasteiger partial charge in [-0.25, -0.2) is 14.8 Å². The molecule has 0 aliphatic carbocycles. The second-order valence-electron chi connectivity index (χ2n) is 9.10. The molecule has 2 aromatic carbocycles. The average molecular weight is 635 g/mol. The summed E-state index contributed by atoms with van der Waals surface area (Å²) in [6.45, 7) is 3.15. The quantitative estimate of drug-likeness (QED) is 0.0836. The van der Waals surface area contributed by atoms with E-state index in [2.05, 4.69) is 31.2 Å². The van der Waals surface area contributed by atoms with Gasteiger partial charge in [0.05, 0.1) is 13.2 Å². The molecule has 13 nitrogen and oxygen atoms in total. The Hall–Kier alpha value is -5.24. The minimum atomic E-state index is -1.15. The molecule has 0 unspecified atom stereocenters. The topological polar surface area (TPSA) is 178 Å². The fraction of sp³-hybridized carbons (Fsp3) is 0.258. The molecule has 1 heterocycles. The van der Waals surface area contributed by atoms with Gasteiger partial charge in [-0.3, -0.25) is 19.2 Å². The maximum absolute atomic E-state index is 13.7. The first-order valence-corrected chi connectivity index (χ1v) is 15.2. The maximum atomic E-state index is 13.7. The van der Waals surface area contributed by atoms with Crippen LogP contribution >= 0.6 is 11.8 Å². The Bertz CT molecular complexity index is 1520. The van der Waals surface area contributed by atoms with E-state index in [0.29, 0.717) is 5.16 Å². The van der Waals surface area contributed by atoms with Crippen molar-refractivity contribution in [1.82, 2.24) is 25.9 Å². The van der Waals surface area contributed by atoms with Crippen LogP contribution < -0.4 is 21.3 Å². The fourth-order valence-electron chi connectivity index (χ4n) is 3.80. The summed E-state index contributed by atoms with van der Waals surface area (Å²) < 4.78 is 9.97. The van der Waals surface area contributed by atoms with Gasteiger partial charge in [0.25, 0.3) is 11.8 Å². The number of thioether (sulfide) groups is 1. The van der Waals surface area contributed by atoms with Crippen LogP contribution in [-0.2, 0) is 30.3 Å². The van der Waals surface area contributed by atoms with Gasteiger partial charge in [0, 0.05) is 24.4 Å². The summed E-state index contributed by atoms with van der Waals surface area (Å²) in [6.07, 6.45) is 4.27. The van der Waals surface area contributed by atoms with Crippen LogP contribution in [0.2, 0.25) is 0 Å². The zero-order valence-electron chi connectivity index (χ0n) is 25.0. The molecule has 1 atom stereocenters. The summed E-state index contributed by atoms with van der Waals surface area (Å²) in [5.41, 5.74) is 0.707. The molecule has 0 fully saturated rings. The van der Waals surface area contributed by atoms with E-state index in [1.807, 2.05) is 6.07 Å². The summed E-state index contributed by atoms with van der Waals surface area (Å²) in [5.74, 6) is -3.39. The predicted molar refractivity (Wildman–Crippen MR) is 167 cm³/mol. The first-order chi connectivity index (χ1) is 21.7. The highest BCUT2D eigenvalue weighted by atomic mass is 32.2. The summed E-state index contributed by atoms with van der Waals surface area (Å²) in [7, 11) is 0. The Labute approximate surface area is 264 Å². The lowest BCUT2D eigenvalue weighted by atomic mass is 10.0. The van der Waals surface area contributed by atoms with Crippen LogP contribution in [0, 0.1) is 0 Å². The van der Waals surface area contributed by atoms with E-state index in [1.54, 1.807) is 74.7 Å². The van der Waals surface area contributed by atoms with Gasteiger partial charge in [0.1, 0.15) is 29.7 Å². The molecule has 45 heavy (non-hydrogen) atoms. The molecular weight excluding hydrogens is 600 g/mol. The number of aromatic nitrogens is 2. The van der Waals surface area contributed by atoms with Gasteiger partial charge >= 0.3 is 11.9 Å². The lowest BCUT2D eigenvalue weighted by Crippen LogP contribution is -2.50. The number of benzene rings is 2. The molecule has 0 radical (unpaired) electrons.